The van der Waals surface area contributed by atoms with Crippen molar-refractivity contribution in [3.05, 3.63) is 28.8 Å². The van der Waals surface area contributed by atoms with Crippen molar-refractivity contribution in [1.82, 2.24) is 4.90 Å². The number of hydrogen-bond donors (Lipinski definition) is 2. The Morgan fingerprint density at radius 3 is 2.95 bits per heavy atom. The Morgan fingerprint density at radius 2 is 2.30 bits per heavy atom. The summed E-state index contributed by atoms with van der Waals surface area (Å²) in [6.45, 7) is 3.90. The number of nitrogens with two attached hydrogens (primary N) is 1. The van der Waals surface area contributed by atoms with E-state index in [1.807, 2.05) is 25.1 Å². The maximum absolute atomic E-state index is 12.0. The predicted molar refractivity (Wildman–Crippen MR) is 85.7 cm³/mol. The van der Waals surface area contributed by atoms with Crippen LogP contribution in [0.15, 0.2) is 18.2 Å². The first-order valence-electron chi connectivity index (χ1n) is 6.60. The SMILES string of the molecule is Cc1ccc(NC(=O)CN2CCCC2CN)c(Cl)c1.Cl. The first-order valence-corrected chi connectivity index (χ1v) is 6.98. The Balaban J connectivity index is 0.00000200. The van der Waals surface area contributed by atoms with Gasteiger partial charge < -0.3 is 11.1 Å². The molecule has 0 saturated carbocycles. The molecule has 2 rings (SSSR count). The smallest absolute Gasteiger partial charge is 0.238 e. The third kappa shape index (κ3) is 4.35. The fraction of sp³-hybridized carbons (Fsp3) is 0.500. The maximum Gasteiger partial charge on any atom is 0.238 e. The summed E-state index contributed by atoms with van der Waals surface area (Å²) in [5.41, 5.74) is 7.44. The van der Waals surface area contributed by atoms with E-state index in [-0.39, 0.29) is 18.3 Å². The van der Waals surface area contributed by atoms with Crippen molar-refractivity contribution in [1.29, 1.82) is 0 Å². The predicted octanol–water partition coefficient (Wildman–Crippen LogP) is 2.43. The lowest BCUT2D eigenvalue weighted by Crippen LogP contribution is -2.40. The lowest BCUT2D eigenvalue weighted by molar-refractivity contribution is -0.117. The third-order valence-corrected chi connectivity index (χ3v) is 3.83. The molecule has 6 heteroatoms. The Morgan fingerprint density at radius 1 is 1.55 bits per heavy atom. The van der Waals surface area contributed by atoms with Crippen LogP contribution < -0.4 is 11.1 Å². The van der Waals surface area contributed by atoms with Crippen LogP contribution in [0.25, 0.3) is 0 Å². The summed E-state index contributed by atoms with van der Waals surface area (Å²) in [7, 11) is 0. The molecule has 1 atom stereocenters. The number of carbonyl (C=O) groups is 1. The molecule has 0 aromatic heterocycles. The fourth-order valence-corrected chi connectivity index (χ4v) is 2.75. The minimum Gasteiger partial charge on any atom is -0.329 e. The molecule has 1 unspecified atom stereocenters. The Bertz CT molecular complexity index is 468. The normalized spacial score (nSPS) is 18.6. The van der Waals surface area contributed by atoms with Crippen molar-refractivity contribution in [2.24, 2.45) is 5.73 Å². The van der Waals surface area contributed by atoms with Crippen molar-refractivity contribution >= 4 is 35.6 Å². The second-order valence-electron chi connectivity index (χ2n) is 5.03. The van der Waals surface area contributed by atoms with E-state index < -0.39 is 0 Å². The fourth-order valence-electron chi connectivity index (χ4n) is 2.47. The van der Waals surface area contributed by atoms with Gasteiger partial charge in [-0.15, -0.1) is 12.4 Å². The van der Waals surface area contributed by atoms with Gasteiger partial charge in [-0.2, -0.15) is 0 Å². The molecule has 0 bridgehead atoms. The number of aryl methyl sites for hydroxylation is 1. The van der Waals surface area contributed by atoms with Gasteiger partial charge >= 0.3 is 0 Å². The van der Waals surface area contributed by atoms with Gasteiger partial charge in [-0.05, 0) is 44.0 Å². The zero-order valence-electron chi connectivity index (χ0n) is 11.6. The first kappa shape index (κ1) is 17.2. The lowest BCUT2D eigenvalue weighted by Gasteiger charge is -2.22. The molecule has 3 N–H and O–H groups in total. The highest BCUT2D eigenvalue weighted by Crippen LogP contribution is 2.23. The van der Waals surface area contributed by atoms with Gasteiger partial charge in [0.25, 0.3) is 0 Å². The van der Waals surface area contributed by atoms with E-state index in [1.54, 1.807) is 0 Å². The Hall–Kier alpha value is -0.810. The molecule has 4 nitrogen and oxygen atoms in total. The van der Waals surface area contributed by atoms with Crippen molar-refractivity contribution in [2.45, 2.75) is 25.8 Å². The van der Waals surface area contributed by atoms with E-state index in [2.05, 4.69) is 10.2 Å². The van der Waals surface area contributed by atoms with Crippen molar-refractivity contribution < 1.29 is 4.79 Å². The van der Waals surface area contributed by atoms with E-state index in [0.717, 1.165) is 24.9 Å². The lowest BCUT2D eigenvalue weighted by atomic mass is 10.2. The van der Waals surface area contributed by atoms with E-state index >= 15 is 0 Å². The first-order chi connectivity index (χ1) is 9.10. The monoisotopic (exact) mass is 317 g/mol. The molecule has 0 radical (unpaired) electrons. The molecule has 20 heavy (non-hydrogen) atoms. The molecular weight excluding hydrogens is 297 g/mol. The molecule has 0 aliphatic carbocycles. The van der Waals surface area contributed by atoms with Crippen LogP contribution in [0.5, 0.6) is 0 Å². The topological polar surface area (TPSA) is 58.4 Å². The molecular formula is C14H21Cl2N3O. The van der Waals surface area contributed by atoms with Gasteiger partial charge in [0.1, 0.15) is 0 Å². The summed E-state index contributed by atoms with van der Waals surface area (Å²) in [4.78, 5) is 14.2. The van der Waals surface area contributed by atoms with Crippen molar-refractivity contribution in [3.63, 3.8) is 0 Å². The van der Waals surface area contributed by atoms with Crippen LogP contribution in [0.1, 0.15) is 18.4 Å². The minimum atomic E-state index is -0.0360. The van der Waals surface area contributed by atoms with Gasteiger partial charge in [0.05, 0.1) is 17.3 Å². The number of nitrogens with one attached hydrogen (secondary N) is 1. The molecule has 112 valence electrons. The van der Waals surface area contributed by atoms with Crippen LogP contribution in [-0.4, -0.2) is 36.5 Å². The van der Waals surface area contributed by atoms with Crippen LogP contribution in [0, 0.1) is 6.92 Å². The summed E-state index contributed by atoms with van der Waals surface area (Å²) in [5.74, 6) is -0.0360. The molecule has 1 heterocycles. The van der Waals surface area contributed by atoms with E-state index in [0.29, 0.717) is 29.8 Å². The molecule has 0 spiro atoms. The second kappa shape index (κ2) is 7.84. The zero-order chi connectivity index (χ0) is 13.8. The minimum absolute atomic E-state index is 0. The Kier molecular flexibility index (Phi) is 6.76. The van der Waals surface area contributed by atoms with Gasteiger partial charge in [-0.3, -0.25) is 9.69 Å². The van der Waals surface area contributed by atoms with E-state index in [1.165, 1.54) is 0 Å². The average molecular weight is 318 g/mol. The number of halogens is 2. The summed E-state index contributed by atoms with van der Waals surface area (Å²) < 4.78 is 0. The highest BCUT2D eigenvalue weighted by atomic mass is 35.5. The number of likely N-dealkylation sites (tertiary alicyclic amines) is 1. The number of benzene rings is 1. The van der Waals surface area contributed by atoms with Gasteiger partial charge in [0.2, 0.25) is 5.91 Å². The highest BCUT2D eigenvalue weighted by molar-refractivity contribution is 6.33. The summed E-state index contributed by atoms with van der Waals surface area (Å²) in [6.07, 6.45) is 2.19. The molecule has 1 aromatic carbocycles. The van der Waals surface area contributed by atoms with Gasteiger partial charge in [0, 0.05) is 12.6 Å². The van der Waals surface area contributed by atoms with Crippen LogP contribution >= 0.6 is 24.0 Å². The standard InChI is InChI=1S/C14H20ClN3O.ClH/c1-10-4-5-13(12(15)7-10)17-14(19)9-18-6-2-3-11(18)8-16;/h4-5,7,11H,2-3,6,8-9,16H2,1H3,(H,17,19);1H. The molecule has 1 aromatic rings. The second-order valence-corrected chi connectivity index (χ2v) is 5.44. The molecule has 1 saturated heterocycles. The number of rotatable bonds is 4. The maximum atomic E-state index is 12.0. The summed E-state index contributed by atoms with van der Waals surface area (Å²) in [5, 5.41) is 3.43. The zero-order valence-corrected chi connectivity index (χ0v) is 13.1. The number of anilines is 1. The van der Waals surface area contributed by atoms with Gasteiger partial charge in [-0.1, -0.05) is 17.7 Å². The number of nitrogens with zero attached hydrogens (tertiary/aromatic N) is 1. The Labute approximate surface area is 131 Å². The number of carbonyl (C=O) groups excluding carboxylic acids is 1. The average Bonchev–Trinajstić information content (AvgIpc) is 2.80. The number of hydrogen-bond acceptors (Lipinski definition) is 3. The van der Waals surface area contributed by atoms with E-state index in [4.69, 9.17) is 17.3 Å². The van der Waals surface area contributed by atoms with Crippen molar-refractivity contribution in [2.75, 3.05) is 25.0 Å². The summed E-state index contributed by atoms with van der Waals surface area (Å²) >= 11 is 6.10. The molecule has 1 aliphatic heterocycles. The van der Waals surface area contributed by atoms with Crippen LogP contribution in [-0.2, 0) is 4.79 Å². The van der Waals surface area contributed by atoms with Crippen LogP contribution in [0.3, 0.4) is 0 Å². The molecule has 1 aliphatic rings. The quantitative estimate of drug-likeness (QED) is 0.896. The van der Waals surface area contributed by atoms with Crippen LogP contribution in [0.2, 0.25) is 5.02 Å². The third-order valence-electron chi connectivity index (χ3n) is 3.52. The summed E-state index contributed by atoms with van der Waals surface area (Å²) in [6, 6.07) is 5.94. The molecule has 1 amide bonds. The van der Waals surface area contributed by atoms with Crippen molar-refractivity contribution in [3.8, 4) is 0 Å². The van der Waals surface area contributed by atoms with Gasteiger partial charge in [0.15, 0.2) is 0 Å². The van der Waals surface area contributed by atoms with Crippen LogP contribution in [0.4, 0.5) is 5.69 Å². The largest absolute Gasteiger partial charge is 0.329 e. The highest BCUT2D eigenvalue weighted by Gasteiger charge is 2.24. The van der Waals surface area contributed by atoms with E-state index in [9.17, 15) is 4.79 Å². The number of amides is 1. The van der Waals surface area contributed by atoms with Gasteiger partial charge in [-0.25, -0.2) is 0 Å². The molecule has 1 fully saturated rings.